The van der Waals surface area contributed by atoms with Gasteiger partial charge in [0, 0.05) is 23.0 Å². The van der Waals surface area contributed by atoms with Gasteiger partial charge in [0.05, 0.1) is 6.20 Å². The molecule has 18 heavy (non-hydrogen) atoms. The van der Waals surface area contributed by atoms with Crippen molar-refractivity contribution in [2.24, 2.45) is 0 Å². The second kappa shape index (κ2) is 5.50. The summed E-state index contributed by atoms with van der Waals surface area (Å²) >= 11 is 12.1. The second-order valence-electron chi connectivity index (χ2n) is 3.74. The number of halogens is 2. The highest BCUT2D eigenvalue weighted by Gasteiger charge is 2.16. The van der Waals surface area contributed by atoms with Crippen LogP contribution in [0.5, 0.6) is 0 Å². The lowest BCUT2D eigenvalue weighted by Crippen LogP contribution is -2.12. The number of aromatic nitrogens is 3. The van der Waals surface area contributed by atoms with Crippen LogP contribution in [0, 0.1) is 0 Å². The summed E-state index contributed by atoms with van der Waals surface area (Å²) < 4.78 is 1.55. The molecule has 0 radical (unpaired) electrons. The number of benzene rings is 1. The number of aryl methyl sites for hydroxylation is 1. The fraction of sp³-hybridized carbons (Fsp3) is 0.250. The van der Waals surface area contributed by atoms with Gasteiger partial charge in [-0.05, 0) is 24.6 Å². The molecule has 0 fully saturated rings. The number of Topliss-reactive ketones (excluding diaryl/α,β-unsaturated/α-hetero) is 1. The van der Waals surface area contributed by atoms with Crippen LogP contribution in [-0.4, -0.2) is 20.8 Å². The van der Waals surface area contributed by atoms with Gasteiger partial charge >= 0.3 is 0 Å². The summed E-state index contributed by atoms with van der Waals surface area (Å²) in [6.45, 7) is 2.49. The van der Waals surface area contributed by atoms with E-state index >= 15 is 0 Å². The maximum Gasteiger partial charge on any atom is 0.186 e. The maximum absolute atomic E-state index is 12.1. The molecule has 0 saturated carbocycles. The first-order valence-corrected chi connectivity index (χ1v) is 6.23. The van der Waals surface area contributed by atoms with Gasteiger partial charge in [-0.1, -0.05) is 34.5 Å². The van der Waals surface area contributed by atoms with E-state index in [0.717, 1.165) is 0 Å². The van der Waals surface area contributed by atoms with Crippen LogP contribution in [0.15, 0.2) is 24.4 Å². The Balaban J connectivity index is 2.27. The molecule has 0 aliphatic carbocycles. The number of hydrogen-bond donors (Lipinski definition) is 0. The van der Waals surface area contributed by atoms with Crippen molar-refractivity contribution < 1.29 is 4.79 Å². The zero-order chi connectivity index (χ0) is 13.1. The monoisotopic (exact) mass is 283 g/mol. The largest absolute Gasteiger partial charge is 0.292 e. The molecule has 1 aromatic carbocycles. The van der Waals surface area contributed by atoms with Crippen molar-refractivity contribution in [3.63, 3.8) is 0 Å². The summed E-state index contributed by atoms with van der Waals surface area (Å²) in [4.78, 5) is 12.1. The molecule has 0 N–H and O–H groups in total. The van der Waals surface area contributed by atoms with E-state index in [0.29, 0.717) is 27.8 Å². The first kappa shape index (κ1) is 13.1. The third kappa shape index (κ3) is 2.54. The molecule has 2 aromatic rings. The van der Waals surface area contributed by atoms with E-state index in [1.807, 2.05) is 6.92 Å². The Bertz CT molecular complexity index is 560. The smallest absolute Gasteiger partial charge is 0.186 e. The number of nitrogens with zero attached hydrogens (tertiary/aromatic N) is 3. The molecular formula is C12H11Cl2N3O. The van der Waals surface area contributed by atoms with E-state index in [-0.39, 0.29) is 12.2 Å². The van der Waals surface area contributed by atoms with Crippen LogP contribution in [0.2, 0.25) is 10.0 Å². The normalized spacial score (nSPS) is 10.6. The maximum atomic E-state index is 12.1. The minimum atomic E-state index is -0.100. The number of carbonyl (C=O) groups is 1. The lowest BCUT2D eigenvalue weighted by Gasteiger charge is -2.06. The SMILES string of the molecule is CCn1nncc1C(=O)Cc1c(Cl)cccc1Cl. The molecule has 0 unspecified atom stereocenters. The van der Waals surface area contributed by atoms with Gasteiger partial charge in [-0.15, -0.1) is 5.10 Å². The van der Waals surface area contributed by atoms with Crippen molar-refractivity contribution >= 4 is 29.0 Å². The van der Waals surface area contributed by atoms with Crippen molar-refractivity contribution in [1.29, 1.82) is 0 Å². The second-order valence-corrected chi connectivity index (χ2v) is 4.55. The molecule has 2 rings (SSSR count). The molecule has 0 aliphatic heterocycles. The van der Waals surface area contributed by atoms with Gasteiger partial charge in [0.1, 0.15) is 5.69 Å². The fourth-order valence-electron chi connectivity index (χ4n) is 1.66. The lowest BCUT2D eigenvalue weighted by atomic mass is 10.1. The van der Waals surface area contributed by atoms with Crippen LogP contribution in [0.1, 0.15) is 23.0 Å². The summed E-state index contributed by atoms with van der Waals surface area (Å²) in [6, 6.07) is 5.17. The topological polar surface area (TPSA) is 47.8 Å². The minimum absolute atomic E-state index is 0.100. The van der Waals surface area contributed by atoms with Crippen LogP contribution >= 0.6 is 23.2 Å². The molecule has 94 valence electrons. The van der Waals surface area contributed by atoms with Crippen molar-refractivity contribution in [2.75, 3.05) is 0 Å². The Kier molecular flexibility index (Phi) is 3.99. The van der Waals surface area contributed by atoms with Gasteiger partial charge in [0.15, 0.2) is 5.78 Å². The number of rotatable bonds is 4. The van der Waals surface area contributed by atoms with Crippen molar-refractivity contribution in [3.8, 4) is 0 Å². The average molecular weight is 284 g/mol. The summed E-state index contributed by atoms with van der Waals surface area (Å²) in [5.41, 5.74) is 1.10. The highest BCUT2D eigenvalue weighted by molar-refractivity contribution is 6.36. The molecule has 0 aliphatic rings. The molecule has 0 spiro atoms. The standard InChI is InChI=1S/C12H11Cl2N3O/c1-2-17-11(7-15-16-17)12(18)6-8-9(13)4-3-5-10(8)14/h3-5,7H,2,6H2,1H3. The Hall–Kier alpha value is -1.39. The molecule has 4 nitrogen and oxygen atoms in total. The van der Waals surface area contributed by atoms with Gasteiger partial charge in [-0.2, -0.15) is 0 Å². The highest BCUT2D eigenvalue weighted by atomic mass is 35.5. The molecule has 0 atom stereocenters. The first-order chi connectivity index (χ1) is 8.63. The molecule has 0 bridgehead atoms. The fourth-order valence-corrected chi connectivity index (χ4v) is 2.19. The van der Waals surface area contributed by atoms with Gasteiger partial charge in [0.25, 0.3) is 0 Å². The quantitative estimate of drug-likeness (QED) is 0.811. The third-order valence-corrected chi connectivity index (χ3v) is 3.31. The Morgan fingerprint density at radius 3 is 2.61 bits per heavy atom. The van der Waals surface area contributed by atoms with Crippen LogP contribution in [-0.2, 0) is 13.0 Å². The predicted molar refractivity (Wildman–Crippen MR) is 70.2 cm³/mol. The lowest BCUT2D eigenvalue weighted by molar-refractivity contribution is 0.0983. The van der Waals surface area contributed by atoms with E-state index in [9.17, 15) is 4.79 Å². The van der Waals surface area contributed by atoms with Crippen LogP contribution in [0.3, 0.4) is 0 Å². The Morgan fingerprint density at radius 1 is 1.33 bits per heavy atom. The number of carbonyl (C=O) groups excluding carboxylic acids is 1. The van der Waals surface area contributed by atoms with Crippen molar-refractivity contribution in [1.82, 2.24) is 15.0 Å². The third-order valence-electron chi connectivity index (χ3n) is 2.60. The molecule has 6 heteroatoms. The van der Waals surface area contributed by atoms with E-state index in [4.69, 9.17) is 23.2 Å². The van der Waals surface area contributed by atoms with Crippen LogP contribution in [0.25, 0.3) is 0 Å². The summed E-state index contributed by atoms with van der Waals surface area (Å²) in [5.74, 6) is -0.100. The van der Waals surface area contributed by atoms with Crippen molar-refractivity contribution in [2.45, 2.75) is 19.9 Å². The zero-order valence-electron chi connectivity index (χ0n) is 9.73. The van der Waals surface area contributed by atoms with Crippen LogP contribution < -0.4 is 0 Å². The first-order valence-electron chi connectivity index (χ1n) is 5.48. The molecule has 0 saturated heterocycles. The minimum Gasteiger partial charge on any atom is -0.292 e. The van der Waals surface area contributed by atoms with Gasteiger partial charge in [0.2, 0.25) is 0 Å². The van der Waals surface area contributed by atoms with E-state index in [1.165, 1.54) is 6.20 Å². The highest BCUT2D eigenvalue weighted by Crippen LogP contribution is 2.25. The Labute approximate surface area is 115 Å². The predicted octanol–water partition coefficient (Wildman–Crippen LogP) is 3.03. The number of ketones is 1. The average Bonchev–Trinajstić information content (AvgIpc) is 2.82. The zero-order valence-corrected chi connectivity index (χ0v) is 11.2. The van der Waals surface area contributed by atoms with E-state index in [1.54, 1.807) is 22.9 Å². The molecule has 1 aromatic heterocycles. The number of hydrogen-bond acceptors (Lipinski definition) is 3. The van der Waals surface area contributed by atoms with Gasteiger partial charge in [-0.3, -0.25) is 4.79 Å². The summed E-state index contributed by atoms with van der Waals surface area (Å²) in [5, 5.41) is 8.53. The van der Waals surface area contributed by atoms with Crippen LogP contribution in [0.4, 0.5) is 0 Å². The van der Waals surface area contributed by atoms with E-state index in [2.05, 4.69) is 10.3 Å². The van der Waals surface area contributed by atoms with Gasteiger partial charge < -0.3 is 0 Å². The van der Waals surface area contributed by atoms with Gasteiger partial charge in [-0.25, -0.2) is 4.68 Å². The van der Waals surface area contributed by atoms with Crippen molar-refractivity contribution in [3.05, 3.63) is 45.7 Å². The molecule has 0 amide bonds. The Morgan fingerprint density at radius 2 is 2.00 bits per heavy atom. The summed E-state index contributed by atoms with van der Waals surface area (Å²) in [6.07, 6.45) is 1.60. The molecule has 1 heterocycles. The van der Waals surface area contributed by atoms with E-state index < -0.39 is 0 Å². The summed E-state index contributed by atoms with van der Waals surface area (Å²) in [7, 11) is 0. The molecular weight excluding hydrogens is 273 g/mol.